The lowest BCUT2D eigenvalue weighted by atomic mass is 10.1. The predicted octanol–water partition coefficient (Wildman–Crippen LogP) is 2.98. The number of carbonyl (C=O) groups is 1. The summed E-state index contributed by atoms with van der Waals surface area (Å²) < 4.78 is 23.5. The lowest BCUT2D eigenvalue weighted by Crippen LogP contribution is -2.48. The first-order valence-electron chi connectivity index (χ1n) is 10.5. The van der Waals surface area contributed by atoms with Gasteiger partial charge in [0.2, 0.25) is 0 Å². The van der Waals surface area contributed by atoms with Crippen LogP contribution >= 0.6 is 23.4 Å². The molecule has 2 fully saturated rings. The maximum Gasteiger partial charge on any atom is 0.254 e. The molecule has 2 aromatic carbocycles. The number of sulfone groups is 1. The third-order valence-corrected chi connectivity index (χ3v) is 9.33. The van der Waals surface area contributed by atoms with Crippen LogP contribution in [-0.4, -0.2) is 73.4 Å². The first-order chi connectivity index (χ1) is 15.4. The molecule has 3 heterocycles. The number of benzene rings is 2. The van der Waals surface area contributed by atoms with E-state index in [4.69, 9.17) is 11.6 Å². The number of anilines is 2. The summed E-state index contributed by atoms with van der Waals surface area (Å²) in [6.07, 6.45) is 0. The van der Waals surface area contributed by atoms with Gasteiger partial charge in [-0.1, -0.05) is 29.4 Å². The van der Waals surface area contributed by atoms with Gasteiger partial charge in [-0.25, -0.2) is 8.42 Å². The second kappa shape index (κ2) is 8.61. The van der Waals surface area contributed by atoms with Crippen LogP contribution in [0.2, 0.25) is 5.02 Å². The summed E-state index contributed by atoms with van der Waals surface area (Å²) in [5, 5.41) is 4.68. The molecule has 10 heteroatoms. The van der Waals surface area contributed by atoms with Crippen molar-refractivity contribution in [1.29, 1.82) is 0 Å². The minimum atomic E-state index is -2.97. The van der Waals surface area contributed by atoms with E-state index in [1.807, 2.05) is 53.4 Å². The zero-order valence-corrected chi connectivity index (χ0v) is 19.7. The zero-order chi connectivity index (χ0) is 22.3. The van der Waals surface area contributed by atoms with Crippen LogP contribution in [0.15, 0.2) is 53.5 Å². The van der Waals surface area contributed by atoms with Crippen molar-refractivity contribution in [2.45, 2.75) is 11.3 Å². The van der Waals surface area contributed by atoms with E-state index in [9.17, 15) is 13.2 Å². The molecule has 0 spiro atoms. The fraction of sp³-hybridized carbons (Fsp3) is 0.364. The summed E-state index contributed by atoms with van der Waals surface area (Å²) in [7, 11) is -2.97. The molecule has 0 saturated carbocycles. The number of piperazine rings is 1. The number of fused-ring (bicyclic) bond motifs is 1. The number of amidine groups is 1. The number of hydrogen-bond acceptors (Lipinski definition) is 7. The molecule has 2 saturated heterocycles. The summed E-state index contributed by atoms with van der Waals surface area (Å²) in [5.41, 5.74) is 2.52. The highest BCUT2D eigenvalue weighted by atomic mass is 35.5. The van der Waals surface area contributed by atoms with Gasteiger partial charge in [-0.2, -0.15) is 0 Å². The third kappa shape index (κ3) is 4.60. The largest absolute Gasteiger partial charge is 0.368 e. The smallest absolute Gasteiger partial charge is 0.254 e. The van der Waals surface area contributed by atoms with Crippen LogP contribution in [0.25, 0.3) is 0 Å². The Hall–Kier alpha value is -2.23. The van der Waals surface area contributed by atoms with Crippen LogP contribution < -0.4 is 10.2 Å². The third-order valence-electron chi connectivity index (χ3n) is 5.94. The molecule has 0 unspecified atom stereocenters. The Morgan fingerprint density at radius 3 is 2.53 bits per heavy atom. The monoisotopic (exact) mass is 490 g/mol. The van der Waals surface area contributed by atoms with Gasteiger partial charge in [-0.05, 0) is 42.5 Å². The molecule has 7 nitrogen and oxygen atoms in total. The summed E-state index contributed by atoms with van der Waals surface area (Å²) >= 11 is 7.45. The van der Waals surface area contributed by atoms with Crippen LogP contribution in [0.5, 0.6) is 0 Å². The highest BCUT2D eigenvalue weighted by Crippen LogP contribution is 2.34. The average molecular weight is 491 g/mol. The van der Waals surface area contributed by atoms with Crippen molar-refractivity contribution in [3.05, 3.63) is 59.1 Å². The number of amides is 1. The maximum absolute atomic E-state index is 13.1. The lowest BCUT2D eigenvalue weighted by Gasteiger charge is -2.36. The summed E-state index contributed by atoms with van der Waals surface area (Å²) in [6, 6.07) is 15.0. The van der Waals surface area contributed by atoms with Gasteiger partial charge in [0.1, 0.15) is 0 Å². The fourth-order valence-corrected chi connectivity index (χ4v) is 8.07. The Labute approximate surface area is 196 Å². The highest BCUT2D eigenvalue weighted by Gasteiger charge is 2.42. The zero-order valence-electron chi connectivity index (χ0n) is 17.3. The van der Waals surface area contributed by atoms with Crippen molar-refractivity contribution in [3.8, 4) is 0 Å². The molecule has 0 aromatic heterocycles. The minimum Gasteiger partial charge on any atom is -0.368 e. The first kappa shape index (κ1) is 21.6. The van der Waals surface area contributed by atoms with Crippen molar-refractivity contribution >= 4 is 55.6 Å². The van der Waals surface area contributed by atoms with Crippen molar-refractivity contribution in [2.75, 3.05) is 47.9 Å². The number of aliphatic imine (C=N–C) groups is 1. The van der Waals surface area contributed by atoms with E-state index < -0.39 is 9.84 Å². The molecule has 0 bridgehead atoms. The summed E-state index contributed by atoms with van der Waals surface area (Å²) in [6.45, 7) is 2.84. The molecule has 0 radical (unpaired) electrons. The molecule has 2 aromatic rings. The Morgan fingerprint density at radius 1 is 1.06 bits per heavy atom. The van der Waals surface area contributed by atoms with Gasteiger partial charge in [-0.15, -0.1) is 0 Å². The molecule has 3 aliphatic rings. The molecular weight excluding hydrogens is 468 g/mol. The topological polar surface area (TPSA) is 82.1 Å². The number of halogens is 1. The van der Waals surface area contributed by atoms with Crippen LogP contribution in [0.1, 0.15) is 10.4 Å². The van der Waals surface area contributed by atoms with Crippen molar-refractivity contribution in [1.82, 2.24) is 4.90 Å². The number of hydrogen-bond donors (Lipinski definition) is 1. The van der Waals surface area contributed by atoms with E-state index in [1.54, 1.807) is 0 Å². The minimum absolute atomic E-state index is 0.00776. The Balaban J connectivity index is 1.20. The van der Waals surface area contributed by atoms with E-state index >= 15 is 0 Å². The summed E-state index contributed by atoms with van der Waals surface area (Å²) in [5.74, 6) is 0.307. The van der Waals surface area contributed by atoms with Crippen LogP contribution in [0, 0.1) is 0 Å². The molecule has 1 N–H and O–H groups in total. The SMILES string of the molecule is O=C(c1cccc(NC2=N[C@H]3CS(=O)(=O)C[C@H]3S2)c1)N1CCN(c2ccc(Cl)cc2)CC1. The Kier molecular flexibility index (Phi) is 5.81. The van der Waals surface area contributed by atoms with Crippen molar-refractivity contribution < 1.29 is 13.2 Å². The van der Waals surface area contributed by atoms with Gasteiger partial charge in [-0.3, -0.25) is 9.79 Å². The second-order valence-electron chi connectivity index (χ2n) is 8.20. The van der Waals surface area contributed by atoms with Crippen LogP contribution in [0.4, 0.5) is 11.4 Å². The quantitative estimate of drug-likeness (QED) is 0.712. The van der Waals surface area contributed by atoms with Crippen molar-refractivity contribution in [2.24, 2.45) is 4.99 Å². The van der Waals surface area contributed by atoms with E-state index in [1.165, 1.54) is 11.8 Å². The standard InChI is InChI=1S/C22H23ClN4O3S2/c23-16-4-6-18(7-5-16)26-8-10-27(11-9-26)21(28)15-2-1-3-17(12-15)24-22-25-19-13-32(29,30)14-20(19)31-22/h1-7,12,19-20H,8-11,13-14H2,(H,24,25)/t19-,20+/m0/s1. The summed E-state index contributed by atoms with van der Waals surface area (Å²) in [4.78, 5) is 21.7. The maximum atomic E-state index is 13.1. The molecule has 32 heavy (non-hydrogen) atoms. The number of rotatable bonds is 3. The van der Waals surface area contributed by atoms with Crippen molar-refractivity contribution in [3.63, 3.8) is 0 Å². The molecule has 0 aliphatic carbocycles. The van der Waals surface area contributed by atoms with Crippen LogP contribution in [-0.2, 0) is 9.84 Å². The van der Waals surface area contributed by atoms with E-state index in [0.29, 0.717) is 23.7 Å². The van der Waals surface area contributed by atoms with E-state index in [0.717, 1.165) is 29.6 Å². The number of nitrogens with zero attached hydrogens (tertiary/aromatic N) is 3. The van der Waals surface area contributed by atoms with Gasteiger partial charge >= 0.3 is 0 Å². The first-order valence-corrected chi connectivity index (χ1v) is 13.6. The molecule has 168 valence electrons. The molecular formula is C22H23ClN4O3S2. The van der Waals surface area contributed by atoms with Gasteiger partial charge in [0.15, 0.2) is 15.0 Å². The van der Waals surface area contributed by atoms with Gasteiger partial charge < -0.3 is 15.1 Å². The Bertz CT molecular complexity index is 1160. The molecule has 2 atom stereocenters. The number of carbonyl (C=O) groups excluding carboxylic acids is 1. The number of thioether (sulfide) groups is 1. The number of nitrogens with one attached hydrogen (secondary N) is 1. The normalized spacial score (nSPS) is 24.2. The highest BCUT2D eigenvalue weighted by molar-refractivity contribution is 8.15. The second-order valence-corrected chi connectivity index (χ2v) is 12.0. The Morgan fingerprint density at radius 2 is 1.81 bits per heavy atom. The van der Waals surface area contributed by atoms with Gasteiger partial charge in [0, 0.05) is 53.4 Å². The van der Waals surface area contributed by atoms with E-state index in [-0.39, 0.29) is 28.7 Å². The molecule has 1 amide bonds. The van der Waals surface area contributed by atoms with E-state index in [2.05, 4.69) is 15.2 Å². The predicted molar refractivity (Wildman–Crippen MR) is 131 cm³/mol. The molecule has 5 rings (SSSR count). The van der Waals surface area contributed by atoms with Gasteiger partial charge in [0.05, 0.1) is 17.5 Å². The lowest BCUT2D eigenvalue weighted by molar-refractivity contribution is 0.0747. The average Bonchev–Trinajstić information content (AvgIpc) is 3.26. The van der Waals surface area contributed by atoms with Crippen LogP contribution in [0.3, 0.4) is 0 Å². The molecule has 3 aliphatic heterocycles. The fourth-order valence-electron chi connectivity index (χ4n) is 4.27. The van der Waals surface area contributed by atoms with Gasteiger partial charge in [0.25, 0.3) is 5.91 Å².